The van der Waals surface area contributed by atoms with Crippen LogP contribution in [-0.4, -0.2) is 39.5 Å². The van der Waals surface area contributed by atoms with Gasteiger partial charge in [0.1, 0.15) is 12.2 Å². The highest BCUT2D eigenvalue weighted by Crippen LogP contribution is 2.25. The summed E-state index contributed by atoms with van der Waals surface area (Å²) >= 11 is 1.58. The summed E-state index contributed by atoms with van der Waals surface area (Å²) in [6, 6.07) is 25.2. The molecule has 0 aliphatic carbocycles. The highest BCUT2D eigenvalue weighted by Gasteiger charge is 2.28. The third kappa shape index (κ3) is 7.16. The van der Waals surface area contributed by atoms with Gasteiger partial charge in [-0.15, -0.1) is 16.4 Å². The van der Waals surface area contributed by atoms with E-state index in [1.165, 1.54) is 28.9 Å². The van der Waals surface area contributed by atoms with Gasteiger partial charge < -0.3 is 15.4 Å². The first-order valence-corrected chi connectivity index (χ1v) is 13.4. The second-order valence-electron chi connectivity index (χ2n) is 9.05. The number of halogens is 3. The minimum Gasteiger partial charge on any atom is -0.370 e. The van der Waals surface area contributed by atoms with Crippen LogP contribution in [0.5, 0.6) is 0 Å². The van der Waals surface area contributed by atoms with Crippen molar-refractivity contribution in [2.45, 2.75) is 25.9 Å². The molecule has 0 saturated carbocycles. The summed E-state index contributed by atoms with van der Waals surface area (Å²) in [5.74, 6) is -1.30. The average Bonchev–Trinajstić information content (AvgIpc) is 3.59. The molecule has 5 rings (SSSR count). The van der Waals surface area contributed by atoms with Crippen LogP contribution >= 0.6 is 11.3 Å². The predicted molar refractivity (Wildman–Crippen MR) is 148 cm³/mol. The van der Waals surface area contributed by atoms with Gasteiger partial charge in [-0.3, -0.25) is 9.59 Å². The number of alkyl halides is 3. The zero-order chi connectivity index (χ0) is 28.8. The lowest BCUT2D eigenvalue weighted by molar-refractivity contribution is -0.123. The Balaban J connectivity index is 1.34. The lowest BCUT2D eigenvalue weighted by Crippen LogP contribution is -2.33. The van der Waals surface area contributed by atoms with Crippen LogP contribution in [0.15, 0.2) is 84.9 Å². The predicted octanol–water partition coefficient (Wildman–Crippen LogP) is 5.42. The molecule has 2 amide bonds. The first-order chi connectivity index (χ1) is 19.8. The SMILES string of the molecule is O=C(NCC(F)(F)F)c1ccc(-n2nnc(C(=O)NCc3cc4ccccc4s3)c2COCc2ccccc2)cc1. The number of hydrogen-bond acceptors (Lipinski definition) is 6. The maximum absolute atomic E-state index is 13.2. The number of benzene rings is 3. The van der Waals surface area contributed by atoms with Crippen LogP contribution in [0.2, 0.25) is 0 Å². The summed E-state index contributed by atoms with van der Waals surface area (Å²) in [5, 5.41) is 14.1. The fraction of sp³-hybridized carbons (Fsp3) is 0.172. The molecule has 5 aromatic rings. The van der Waals surface area contributed by atoms with E-state index < -0.39 is 24.5 Å². The topological polar surface area (TPSA) is 98.1 Å². The van der Waals surface area contributed by atoms with E-state index in [1.807, 2.05) is 66.0 Å². The van der Waals surface area contributed by atoms with Gasteiger partial charge in [-0.2, -0.15) is 13.2 Å². The molecular weight excluding hydrogens is 555 g/mol. The molecule has 0 saturated heterocycles. The van der Waals surface area contributed by atoms with Gasteiger partial charge in [0.2, 0.25) is 0 Å². The van der Waals surface area contributed by atoms with Crippen LogP contribution in [0.1, 0.15) is 37.0 Å². The molecule has 0 atom stereocenters. The number of hydrogen-bond donors (Lipinski definition) is 2. The molecule has 2 N–H and O–H groups in total. The zero-order valence-corrected chi connectivity index (χ0v) is 22.3. The normalized spacial score (nSPS) is 11.5. The summed E-state index contributed by atoms with van der Waals surface area (Å²) in [6.07, 6.45) is -4.51. The van der Waals surface area contributed by atoms with Crippen molar-refractivity contribution in [3.63, 3.8) is 0 Å². The Hall–Kier alpha value is -4.55. The summed E-state index contributed by atoms with van der Waals surface area (Å²) in [7, 11) is 0. The molecule has 2 heterocycles. The van der Waals surface area contributed by atoms with Crippen LogP contribution in [0.4, 0.5) is 13.2 Å². The van der Waals surface area contributed by atoms with Gasteiger partial charge in [-0.25, -0.2) is 4.68 Å². The van der Waals surface area contributed by atoms with Crippen molar-refractivity contribution in [3.8, 4) is 5.69 Å². The summed E-state index contributed by atoms with van der Waals surface area (Å²) in [5.41, 5.74) is 1.89. The molecule has 0 bridgehead atoms. The fourth-order valence-electron chi connectivity index (χ4n) is 4.07. The first kappa shape index (κ1) is 28.0. The van der Waals surface area contributed by atoms with E-state index in [0.717, 1.165) is 20.5 Å². The Morgan fingerprint density at radius 2 is 1.61 bits per heavy atom. The number of nitrogens with zero attached hydrogens (tertiary/aromatic N) is 3. The van der Waals surface area contributed by atoms with Gasteiger partial charge in [0, 0.05) is 15.1 Å². The molecule has 3 aromatic carbocycles. The second-order valence-corrected chi connectivity index (χ2v) is 10.2. The molecule has 41 heavy (non-hydrogen) atoms. The van der Waals surface area contributed by atoms with E-state index in [2.05, 4.69) is 15.6 Å². The molecule has 8 nitrogen and oxygen atoms in total. The van der Waals surface area contributed by atoms with Gasteiger partial charge >= 0.3 is 6.18 Å². The summed E-state index contributed by atoms with van der Waals surface area (Å²) in [4.78, 5) is 26.3. The average molecular weight is 580 g/mol. The number of fused-ring (bicyclic) bond motifs is 1. The van der Waals surface area contributed by atoms with Crippen molar-refractivity contribution < 1.29 is 27.5 Å². The van der Waals surface area contributed by atoms with Gasteiger partial charge in [0.25, 0.3) is 11.8 Å². The van der Waals surface area contributed by atoms with Crippen LogP contribution in [-0.2, 0) is 24.5 Å². The molecule has 0 aliphatic heterocycles. The quantitative estimate of drug-likeness (QED) is 0.230. The third-order valence-corrected chi connectivity index (χ3v) is 7.17. The fourth-order valence-corrected chi connectivity index (χ4v) is 5.07. The molecule has 0 unspecified atom stereocenters. The largest absolute Gasteiger partial charge is 0.405 e. The molecule has 12 heteroatoms. The number of carbonyl (C=O) groups excluding carboxylic acids is 2. The molecular formula is C29H24F3N5O3S. The second kappa shape index (κ2) is 12.3. The van der Waals surface area contributed by atoms with Crippen molar-refractivity contribution in [1.29, 1.82) is 0 Å². The smallest absolute Gasteiger partial charge is 0.370 e. The third-order valence-electron chi connectivity index (χ3n) is 6.05. The Labute approximate surface area is 236 Å². The van der Waals surface area contributed by atoms with Crippen molar-refractivity contribution >= 4 is 33.2 Å². The first-order valence-electron chi connectivity index (χ1n) is 12.5. The standard InChI is InChI=1S/C29H24F3N5O3S/c30-29(31,32)18-34-27(38)20-10-12-22(13-11-20)37-24(17-40-16-19-6-2-1-3-7-19)26(35-36-37)28(39)33-15-23-14-21-8-4-5-9-25(21)41-23/h1-14H,15-18H2,(H,33,39)(H,34,38). The maximum atomic E-state index is 13.2. The molecule has 0 spiro atoms. The molecule has 0 radical (unpaired) electrons. The van der Waals surface area contributed by atoms with Gasteiger partial charge in [-0.05, 0) is 47.3 Å². The van der Waals surface area contributed by atoms with Crippen LogP contribution in [0.25, 0.3) is 15.8 Å². The van der Waals surface area contributed by atoms with Crippen molar-refractivity contribution in [3.05, 3.63) is 112 Å². The van der Waals surface area contributed by atoms with Crippen molar-refractivity contribution in [2.75, 3.05) is 6.54 Å². The Bertz CT molecular complexity index is 1620. The summed E-state index contributed by atoms with van der Waals surface area (Å²) < 4.78 is 45.8. The van der Waals surface area contributed by atoms with E-state index >= 15 is 0 Å². The highest BCUT2D eigenvalue weighted by molar-refractivity contribution is 7.19. The number of thiophene rings is 1. The van der Waals surface area contributed by atoms with Crippen LogP contribution in [0, 0.1) is 0 Å². The van der Waals surface area contributed by atoms with E-state index in [9.17, 15) is 22.8 Å². The zero-order valence-electron chi connectivity index (χ0n) is 21.5. The monoisotopic (exact) mass is 579 g/mol. The van der Waals surface area contributed by atoms with Gasteiger partial charge in [0.15, 0.2) is 5.69 Å². The number of carbonyl (C=O) groups is 2. The Morgan fingerprint density at radius 3 is 2.34 bits per heavy atom. The maximum Gasteiger partial charge on any atom is 0.405 e. The number of rotatable bonds is 10. The molecule has 0 aliphatic rings. The summed E-state index contributed by atoms with van der Waals surface area (Å²) in [6.45, 7) is -0.842. The Morgan fingerprint density at radius 1 is 0.878 bits per heavy atom. The van der Waals surface area contributed by atoms with Crippen LogP contribution < -0.4 is 10.6 Å². The molecule has 0 fully saturated rings. The number of ether oxygens (including phenoxy) is 1. The lowest BCUT2D eigenvalue weighted by Gasteiger charge is -2.11. The minimum absolute atomic E-state index is 0.00134. The highest BCUT2D eigenvalue weighted by atomic mass is 32.1. The van der Waals surface area contributed by atoms with E-state index in [1.54, 1.807) is 11.3 Å². The van der Waals surface area contributed by atoms with Crippen molar-refractivity contribution in [1.82, 2.24) is 25.6 Å². The number of nitrogens with one attached hydrogen (secondary N) is 2. The Kier molecular flexibility index (Phi) is 8.41. The van der Waals surface area contributed by atoms with E-state index in [0.29, 0.717) is 17.9 Å². The minimum atomic E-state index is -4.51. The van der Waals surface area contributed by atoms with Crippen molar-refractivity contribution in [2.24, 2.45) is 0 Å². The van der Waals surface area contributed by atoms with E-state index in [4.69, 9.17) is 4.74 Å². The lowest BCUT2D eigenvalue weighted by atomic mass is 10.2. The van der Waals surface area contributed by atoms with Gasteiger partial charge in [-0.1, -0.05) is 53.7 Å². The van der Waals surface area contributed by atoms with E-state index in [-0.39, 0.29) is 24.5 Å². The van der Waals surface area contributed by atoms with Crippen LogP contribution in [0.3, 0.4) is 0 Å². The van der Waals surface area contributed by atoms with Gasteiger partial charge in [0.05, 0.1) is 25.4 Å². The molecule has 210 valence electrons. The number of amides is 2. The number of aromatic nitrogens is 3. The molecule has 2 aromatic heterocycles.